The van der Waals surface area contributed by atoms with E-state index in [-0.39, 0.29) is 11.7 Å². The number of amides is 1. The van der Waals surface area contributed by atoms with Crippen molar-refractivity contribution in [3.63, 3.8) is 0 Å². The molecule has 0 spiro atoms. The Morgan fingerprint density at radius 2 is 1.92 bits per heavy atom. The molecule has 0 aromatic heterocycles. The van der Waals surface area contributed by atoms with Gasteiger partial charge < -0.3 is 21.1 Å². The van der Waals surface area contributed by atoms with E-state index in [9.17, 15) is 9.59 Å². The van der Waals surface area contributed by atoms with Crippen molar-refractivity contribution in [2.45, 2.75) is 0 Å². The number of ether oxygens (including phenoxy) is 1. The molecule has 7 nitrogen and oxygen atoms in total. The summed E-state index contributed by atoms with van der Waals surface area (Å²) in [5, 5.41) is 8.62. The number of carbonyl (C=O) groups is 2. The van der Waals surface area contributed by atoms with E-state index in [0.717, 1.165) is 16.5 Å². The Morgan fingerprint density at radius 3 is 2.54 bits per heavy atom. The SMILES string of the molecule is C=N/C(C(N)=O)=C(/NC)SCNc1ccc2cc(C(=O)OC)ccc2c1. The van der Waals surface area contributed by atoms with Crippen LogP contribution in [0.5, 0.6) is 0 Å². The zero-order valence-electron chi connectivity index (χ0n) is 14.5. The molecule has 0 unspecified atom stereocenters. The fourth-order valence-corrected chi connectivity index (χ4v) is 3.14. The minimum atomic E-state index is -0.635. The molecule has 0 aliphatic carbocycles. The molecule has 0 fully saturated rings. The zero-order chi connectivity index (χ0) is 19.1. The summed E-state index contributed by atoms with van der Waals surface area (Å²) in [7, 11) is 3.04. The molecule has 0 atom stereocenters. The van der Waals surface area contributed by atoms with E-state index >= 15 is 0 Å². The highest BCUT2D eigenvalue weighted by molar-refractivity contribution is 8.03. The first kappa shape index (κ1) is 19.3. The van der Waals surface area contributed by atoms with E-state index in [2.05, 4.69) is 22.3 Å². The van der Waals surface area contributed by atoms with Crippen molar-refractivity contribution in [1.82, 2.24) is 5.32 Å². The summed E-state index contributed by atoms with van der Waals surface area (Å²) >= 11 is 1.35. The second kappa shape index (κ2) is 8.91. The molecular weight excluding hydrogens is 352 g/mol. The molecule has 8 heteroatoms. The quantitative estimate of drug-likeness (QED) is 0.284. The number of rotatable bonds is 8. The van der Waals surface area contributed by atoms with Gasteiger partial charge in [-0.25, -0.2) is 4.79 Å². The maximum absolute atomic E-state index is 11.6. The van der Waals surface area contributed by atoms with Crippen LogP contribution in [0, 0.1) is 0 Å². The number of anilines is 1. The fraction of sp³-hybridized carbons (Fsp3) is 0.167. The molecule has 2 aromatic rings. The predicted molar refractivity (Wildman–Crippen MR) is 106 cm³/mol. The molecule has 0 bridgehead atoms. The standard InChI is InChI=1S/C18H20N4O3S/c1-20-15(16(19)23)17(21-2)26-10-22-14-7-6-11-8-13(18(24)25-3)5-4-12(11)9-14/h4-9,21-22H,1,10H2,2-3H3,(H2,19,23)/b17-15-. The third-order valence-corrected chi connectivity index (χ3v) is 4.56. The molecule has 26 heavy (non-hydrogen) atoms. The maximum Gasteiger partial charge on any atom is 0.337 e. The number of hydrogen-bond acceptors (Lipinski definition) is 7. The highest BCUT2D eigenvalue weighted by Gasteiger charge is 2.10. The number of nitrogens with zero attached hydrogens (tertiary/aromatic N) is 1. The number of carbonyl (C=O) groups excluding carboxylic acids is 2. The van der Waals surface area contributed by atoms with Crippen LogP contribution in [0.15, 0.2) is 52.1 Å². The van der Waals surface area contributed by atoms with Gasteiger partial charge in [0.05, 0.1) is 18.6 Å². The first-order valence-electron chi connectivity index (χ1n) is 7.67. The molecule has 1 amide bonds. The molecule has 136 valence electrons. The molecule has 0 saturated carbocycles. The van der Waals surface area contributed by atoms with E-state index in [1.165, 1.54) is 18.9 Å². The molecule has 0 aliphatic rings. The fourth-order valence-electron chi connectivity index (χ4n) is 2.31. The number of fused-ring (bicyclic) bond motifs is 1. The Morgan fingerprint density at radius 1 is 1.23 bits per heavy atom. The molecule has 2 rings (SSSR count). The maximum atomic E-state index is 11.6. The summed E-state index contributed by atoms with van der Waals surface area (Å²) in [5.41, 5.74) is 6.79. The monoisotopic (exact) mass is 372 g/mol. The Kier molecular flexibility index (Phi) is 6.62. The first-order chi connectivity index (χ1) is 12.5. The van der Waals surface area contributed by atoms with Crippen LogP contribution in [0.1, 0.15) is 10.4 Å². The van der Waals surface area contributed by atoms with Crippen LogP contribution in [0.2, 0.25) is 0 Å². The predicted octanol–water partition coefficient (Wildman–Crippen LogP) is 2.30. The van der Waals surface area contributed by atoms with Gasteiger partial charge in [0.15, 0.2) is 5.70 Å². The molecule has 4 N–H and O–H groups in total. The van der Waals surface area contributed by atoms with Crippen LogP contribution in [0.3, 0.4) is 0 Å². The molecule has 2 aromatic carbocycles. The van der Waals surface area contributed by atoms with Crippen LogP contribution in [-0.4, -0.2) is 38.6 Å². The summed E-state index contributed by atoms with van der Waals surface area (Å²) in [6.07, 6.45) is 0. The molecule has 0 heterocycles. The van der Waals surface area contributed by atoms with Gasteiger partial charge in [0.1, 0.15) is 5.03 Å². The van der Waals surface area contributed by atoms with E-state index < -0.39 is 5.91 Å². The topological polar surface area (TPSA) is 106 Å². The van der Waals surface area contributed by atoms with Crippen LogP contribution in [-0.2, 0) is 9.53 Å². The number of thioether (sulfide) groups is 1. The van der Waals surface area contributed by atoms with Crippen molar-refractivity contribution >= 4 is 46.8 Å². The van der Waals surface area contributed by atoms with Crippen molar-refractivity contribution in [3.8, 4) is 0 Å². The zero-order valence-corrected chi connectivity index (χ0v) is 15.4. The van der Waals surface area contributed by atoms with Crippen molar-refractivity contribution in [2.24, 2.45) is 10.7 Å². The van der Waals surface area contributed by atoms with E-state index in [1.807, 2.05) is 24.3 Å². The van der Waals surface area contributed by atoms with Crippen molar-refractivity contribution in [1.29, 1.82) is 0 Å². The molecule has 0 saturated heterocycles. The highest BCUT2D eigenvalue weighted by Crippen LogP contribution is 2.23. The first-order valence-corrected chi connectivity index (χ1v) is 8.66. The number of nitrogens with two attached hydrogens (primary N) is 1. The number of nitrogens with one attached hydrogen (secondary N) is 2. The van der Waals surface area contributed by atoms with Gasteiger partial charge >= 0.3 is 5.97 Å². The number of esters is 1. The van der Waals surface area contributed by atoms with Crippen LogP contribution in [0.25, 0.3) is 10.8 Å². The average Bonchev–Trinajstić information content (AvgIpc) is 2.65. The van der Waals surface area contributed by atoms with Crippen LogP contribution >= 0.6 is 11.8 Å². The van der Waals surface area contributed by atoms with E-state index in [4.69, 9.17) is 10.5 Å². The van der Waals surface area contributed by atoms with Gasteiger partial charge in [-0.2, -0.15) is 0 Å². The van der Waals surface area contributed by atoms with Gasteiger partial charge in [-0.15, -0.1) is 0 Å². The summed E-state index contributed by atoms with van der Waals surface area (Å²) in [6.45, 7) is 3.36. The van der Waals surface area contributed by atoms with Crippen molar-refractivity contribution in [3.05, 3.63) is 52.7 Å². The molecule has 0 aliphatic heterocycles. The van der Waals surface area contributed by atoms with Crippen LogP contribution < -0.4 is 16.4 Å². The van der Waals surface area contributed by atoms with Gasteiger partial charge in [0.25, 0.3) is 5.91 Å². The number of methoxy groups -OCH3 is 1. The van der Waals surface area contributed by atoms with Crippen LogP contribution in [0.4, 0.5) is 5.69 Å². The Balaban J connectivity index is 2.10. The lowest BCUT2D eigenvalue weighted by atomic mass is 10.1. The number of aliphatic imine (C=N–C) groups is 1. The summed E-state index contributed by atoms with van der Waals surface area (Å²) in [4.78, 5) is 26.6. The Bertz CT molecular complexity index is 880. The summed E-state index contributed by atoms with van der Waals surface area (Å²) in [6, 6.07) is 11.2. The van der Waals surface area contributed by atoms with Gasteiger partial charge in [-0.05, 0) is 41.8 Å². The van der Waals surface area contributed by atoms with Crippen molar-refractivity contribution < 1.29 is 14.3 Å². The lowest BCUT2D eigenvalue weighted by Gasteiger charge is -2.11. The largest absolute Gasteiger partial charge is 0.465 e. The molecular formula is C18H20N4O3S. The number of benzene rings is 2. The minimum absolute atomic E-state index is 0.105. The third-order valence-electron chi connectivity index (χ3n) is 3.59. The average molecular weight is 372 g/mol. The van der Waals surface area contributed by atoms with Crippen molar-refractivity contribution in [2.75, 3.05) is 25.4 Å². The normalized spacial score (nSPS) is 11.5. The number of primary amides is 1. The second-order valence-electron chi connectivity index (χ2n) is 5.18. The summed E-state index contributed by atoms with van der Waals surface area (Å²) in [5.74, 6) is -0.504. The second-order valence-corrected chi connectivity index (χ2v) is 6.17. The number of hydrogen-bond donors (Lipinski definition) is 3. The highest BCUT2D eigenvalue weighted by atomic mass is 32.2. The Hall–Kier alpha value is -3.00. The minimum Gasteiger partial charge on any atom is -0.465 e. The van der Waals surface area contributed by atoms with Gasteiger partial charge in [0.2, 0.25) is 0 Å². The van der Waals surface area contributed by atoms with Gasteiger partial charge in [-0.3, -0.25) is 9.79 Å². The van der Waals surface area contributed by atoms with E-state index in [0.29, 0.717) is 16.5 Å². The Labute approximate surface area is 155 Å². The van der Waals surface area contributed by atoms with Gasteiger partial charge in [0, 0.05) is 12.7 Å². The van der Waals surface area contributed by atoms with Gasteiger partial charge in [-0.1, -0.05) is 23.9 Å². The summed E-state index contributed by atoms with van der Waals surface area (Å²) < 4.78 is 4.73. The smallest absolute Gasteiger partial charge is 0.337 e. The van der Waals surface area contributed by atoms with E-state index in [1.54, 1.807) is 19.2 Å². The lowest BCUT2D eigenvalue weighted by molar-refractivity contribution is -0.114. The lowest BCUT2D eigenvalue weighted by Crippen LogP contribution is -2.19. The molecule has 0 radical (unpaired) electrons. The third kappa shape index (κ3) is 4.54.